The summed E-state index contributed by atoms with van der Waals surface area (Å²) >= 11 is 0. The molecule has 0 radical (unpaired) electrons. The van der Waals surface area contributed by atoms with E-state index in [2.05, 4.69) is 103 Å². The number of rotatable bonds is 38. The van der Waals surface area contributed by atoms with Gasteiger partial charge in [-0.1, -0.05) is 229 Å². The molecule has 3 N–H and O–H groups in total. The molecule has 0 saturated heterocycles. The van der Waals surface area contributed by atoms with Crippen LogP contribution in [0.3, 0.4) is 0 Å². The third kappa shape index (κ3) is 39.2. The van der Waals surface area contributed by atoms with E-state index >= 15 is 0 Å². The van der Waals surface area contributed by atoms with E-state index in [0.29, 0.717) is 0 Å². The van der Waals surface area contributed by atoms with E-state index in [0.717, 1.165) is 48.0 Å². The molecule has 0 aromatic heterocycles. The van der Waals surface area contributed by atoms with Crippen molar-refractivity contribution >= 4 is 22.1 Å². The Hall–Kier alpha value is -2.87. The predicted molar refractivity (Wildman–Crippen MR) is 268 cm³/mol. The van der Waals surface area contributed by atoms with Crippen molar-refractivity contribution in [2.24, 2.45) is 0 Å². The number of carbonyl (C=O) groups excluding carboxylic acids is 2. The molecule has 0 fully saturated rings. The Labute approximate surface area is 403 Å². The summed E-state index contributed by atoms with van der Waals surface area (Å²) in [5, 5.41) is 38.1. The van der Waals surface area contributed by atoms with Crippen LogP contribution in [0, 0.1) is 0 Å². The number of unbranched alkanes of at least 4 members (excludes halogenated alkanes) is 22. The zero-order valence-electron chi connectivity index (χ0n) is 42.5. The predicted octanol–water partition coefficient (Wildman–Crippen LogP) is 9.56. The number of nitrogens with zero attached hydrogens (tertiary/aromatic N) is 2. The SMILES string of the molecule is CCCCCCCCCCCCCCC(O)C[N+](C)(C)Cc1ccccc1.CCCCCCCCCCCCCCC(O)C[N+](C)(C)Cc1ccccc1.O=C([O-])CC(C(=O)[O-])S(=O)(=O)O. The maximum atomic E-state index is 10.4. The lowest BCUT2D eigenvalue weighted by atomic mass is 10.0. The van der Waals surface area contributed by atoms with Crippen LogP contribution in [0.1, 0.15) is 198 Å². The van der Waals surface area contributed by atoms with Crippen LogP contribution in [0.25, 0.3) is 0 Å². The Balaban J connectivity index is 0.00000103. The first-order valence-electron chi connectivity index (χ1n) is 25.8. The second-order valence-electron chi connectivity index (χ2n) is 20.1. The first kappa shape index (κ1) is 63.1. The molecule has 0 heterocycles. The van der Waals surface area contributed by atoms with E-state index in [1.165, 1.54) is 165 Å². The van der Waals surface area contributed by atoms with Gasteiger partial charge >= 0.3 is 0 Å². The Morgan fingerprint density at radius 2 is 0.773 bits per heavy atom. The number of aliphatic carboxylic acids is 2. The first-order chi connectivity index (χ1) is 31.3. The fraction of sp³-hybridized carbons (Fsp3) is 0.741. The normalized spacial score (nSPS) is 13.2. The summed E-state index contributed by atoms with van der Waals surface area (Å²) in [6.07, 6.45) is 33.1. The minimum absolute atomic E-state index is 0.174. The monoisotopic (exact) mass is 949 g/mol. The largest absolute Gasteiger partial charge is 0.550 e. The Morgan fingerprint density at radius 3 is 1.00 bits per heavy atom. The standard InChI is InChI=1S/2C25H46NO.C4H6O7S/c2*1-4-5-6-7-8-9-10-11-12-13-14-18-21-25(27)23-26(2,3)22-24-19-16-15-17-20-24;5-3(6)1-2(4(7)8)12(9,10)11/h2*15-17,19-20,25,27H,4-14,18,21-23H2,1-3H3;2H,1H2,(H,5,6)(H,7,8)(H,9,10,11)/q2*+1;/p-2. The molecule has 0 aliphatic carbocycles. The minimum Gasteiger partial charge on any atom is -0.550 e. The zero-order valence-corrected chi connectivity index (χ0v) is 43.3. The van der Waals surface area contributed by atoms with E-state index in [4.69, 9.17) is 4.55 Å². The van der Waals surface area contributed by atoms with E-state index < -0.39 is 33.7 Å². The zero-order chi connectivity index (χ0) is 49.5. The van der Waals surface area contributed by atoms with Crippen molar-refractivity contribution in [1.29, 1.82) is 0 Å². The molecule has 0 amide bonds. The lowest BCUT2D eigenvalue weighted by Crippen LogP contribution is -2.44. The molecule has 12 heteroatoms. The number of carbonyl (C=O) groups is 2. The summed E-state index contributed by atoms with van der Waals surface area (Å²) in [7, 11) is 3.94. The van der Waals surface area contributed by atoms with Gasteiger partial charge in [0.15, 0.2) is 0 Å². The number of likely N-dealkylation sites (N-methyl/N-ethyl adjacent to an activating group) is 2. The van der Waals surface area contributed by atoms with Gasteiger partial charge in [-0.2, -0.15) is 8.42 Å². The molecule has 2 aromatic carbocycles. The van der Waals surface area contributed by atoms with Crippen molar-refractivity contribution < 1.29 is 52.0 Å². The van der Waals surface area contributed by atoms with E-state index in [-0.39, 0.29) is 12.2 Å². The molecule has 3 atom stereocenters. The lowest BCUT2D eigenvalue weighted by Gasteiger charge is -2.32. The number of benzene rings is 2. The van der Waals surface area contributed by atoms with Crippen LogP contribution < -0.4 is 10.2 Å². The van der Waals surface area contributed by atoms with Gasteiger partial charge in [-0.3, -0.25) is 4.55 Å². The molecule has 0 aliphatic heterocycles. The number of aliphatic hydroxyl groups excluding tert-OH is 2. The van der Waals surface area contributed by atoms with Gasteiger partial charge in [0.1, 0.15) is 43.6 Å². The van der Waals surface area contributed by atoms with E-state index in [9.17, 15) is 38.4 Å². The summed E-state index contributed by atoms with van der Waals surface area (Å²) in [6, 6.07) is 21.2. The molecule has 2 aromatic rings. The lowest BCUT2D eigenvalue weighted by molar-refractivity contribution is -0.906. The van der Waals surface area contributed by atoms with Crippen LogP contribution in [0.2, 0.25) is 0 Å². The second-order valence-corrected chi connectivity index (χ2v) is 21.7. The average molecular weight is 949 g/mol. The average Bonchev–Trinajstić information content (AvgIpc) is 3.23. The van der Waals surface area contributed by atoms with Crippen molar-refractivity contribution in [1.82, 2.24) is 0 Å². The molecular weight excluding hydrogens is 853 g/mol. The van der Waals surface area contributed by atoms with Gasteiger partial charge in [0.2, 0.25) is 0 Å². The van der Waals surface area contributed by atoms with Crippen LogP contribution in [0.5, 0.6) is 0 Å². The Kier molecular flexibility index (Phi) is 37.3. The van der Waals surface area contributed by atoms with Gasteiger partial charge in [-0.25, -0.2) is 0 Å². The molecule has 0 aliphatic rings. The molecule has 3 unspecified atom stereocenters. The molecule has 382 valence electrons. The van der Waals surface area contributed by atoms with Crippen LogP contribution in [0.15, 0.2) is 60.7 Å². The number of hydrogen-bond acceptors (Lipinski definition) is 8. The molecule has 0 spiro atoms. The molecule has 0 saturated carbocycles. The summed E-state index contributed by atoms with van der Waals surface area (Å²) in [6.45, 7) is 8.21. The topological polar surface area (TPSA) is 175 Å². The molecule has 2 rings (SSSR count). The van der Waals surface area contributed by atoms with Crippen molar-refractivity contribution in [3.05, 3.63) is 71.8 Å². The fourth-order valence-electron chi connectivity index (χ4n) is 8.51. The van der Waals surface area contributed by atoms with Crippen LogP contribution in [-0.4, -0.2) is 103 Å². The summed E-state index contributed by atoms with van der Waals surface area (Å²) in [5.41, 5.74) is 2.69. The maximum absolute atomic E-state index is 10.4. The van der Waals surface area contributed by atoms with E-state index in [1.54, 1.807) is 0 Å². The third-order valence-electron chi connectivity index (χ3n) is 12.1. The number of hydrogen-bond donors (Lipinski definition) is 3. The van der Waals surface area contributed by atoms with Gasteiger partial charge in [0, 0.05) is 23.5 Å². The fourth-order valence-corrected chi connectivity index (χ4v) is 9.10. The van der Waals surface area contributed by atoms with Crippen molar-refractivity contribution in [3.8, 4) is 0 Å². The van der Waals surface area contributed by atoms with Crippen LogP contribution in [0.4, 0.5) is 0 Å². The van der Waals surface area contributed by atoms with Crippen molar-refractivity contribution in [2.75, 3.05) is 41.3 Å². The highest BCUT2D eigenvalue weighted by Crippen LogP contribution is 2.18. The maximum Gasteiger partial charge on any atom is 0.273 e. The van der Waals surface area contributed by atoms with Gasteiger partial charge in [0.05, 0.1) is 34.2 Å². The highest BCUT2D eigenvalue weighted by atomic mass is 32.2. The van der Waals surface area contributed by atoms with Crippen molar-refractivity contribution in [2.45, 2.75) is 218 Å². The highest BCUT2D eigenvalue weighted by molar-refractivity contribution is 7.87. The van der Waals surface area contributed by atoms with Gasteiger partial charge in [-0.05, 0) is 12.8 Å². The number of aliphatic hydroxyl groups is 2. The first-order valence-corrected chi connectivity index (χ1v) is 27.3. The third-order valence-corrected chi connectivity index (χ3v) is 13.2. The van der Waals surface area contributed by atoms with Crippen LogP contribution >= 0.6 is 0 Å². The number of carboxylic acids is 2. The minimum atomic E-state index is -4.94. The van der Waals surface area contributed by atoms with Gasteiger partial charge in [-0.15, -0.1) is 0 Å². The van der Waals surface area contributed by atoms with Gasteiger partial charge in [0.25, 0.3) is 10.1 Å². The molecular formula is C54H96N2O9S. The Bertz CT molecular complexity index is 1470. The van der Waals surface area contributed by atoms with Gasteiger partial charge < -0.3 is 39.0 Å². The quantitative estimate of drug-likeness (QED) is 0.0336. The summed E-state index contributed by atoms with van der Waals surface area (Å²) in [5.74, 6) is -4.08. The summed E-state index contributed by atoms with van der Waals surface area (Å²) in [4.78, 5) is 19.7. The number of carboxylic acid groups (broad SMARTS) is 2. The number of quaternary nitrogens is 2. The highest BCUT2D eigenvalue weighted by Gasteiger charge is 2.25. The smallest absolute Gasteiger partial charge is 0.273 e. The summed E-state index contributed by atoms with van der Waals surface area (Å²) < 4.78 is 30.2. The molecule has 11 nitrogen and oxygen atoms in total. The van der Waals surface area contributed by atoms with E-state index in [1.807, 2.05) is 0 Å². The second kappa shape index (κ2) is 39.0. The molecule has 66 heavy (non-hydrogen) atoms. The molecule has 0 bridgehead atoms. The van der Waals surface area contributed by atoms with Crippen molar-refractivity contribution in [3.63, 3.8) is 0 Å². The van der Waals surface area contributed by atoms with Crippen LogP contribution in [-0.2, 0) is 32.8 Å². The Morgan fingerprint density at radius 1 is 0.500 bits per heavy atom.